The number of imide groups is 1. The summed E-state index contributed by atoms with van der Waals surface area (Å²) in [5, 5.41) is 11.0. The van der Waals surface area contributed by atoms with Gasteiger partial charge in [0.05, 0.1) is 53.0 Å². The molecule has 4 N–H and O–H groups in total. The Hall–Kier alpha value is -6.45. The Morgan fingerprint density at radius 3 is 2.45 bits per heavy atom. The van der Waals surface area contributed by atoms with Crippen LogP contribution in [0.25, 0.3) is 22.4 Å². The molecule has 1 saturated heterocycles. The fourth-order valence-corrected chi connectivity index (χ4v) is 6.72. The second-order valence-electron chi connectivity index (χ2n) is 13.2. The number of amides is 4. The lowest BCUT2D eigenvalue weighted by Gasteiger charge is -2.21. The molecule has 0 radical (unpaired) electrons. The molecule has 0 saturated carbocycles. The molecule has 5 aromatic rings. The summed E-state index contributed by atoms with van der Waals surface area (Å²) < 4.78 is 22.1. The number of fused-ring (bicyclic) bond motifs is 1. The highest BCUT2D eigenvalue weighted by Crippen LogP contribution is 2.37. The number of carbonyl (C=O) groups excluding carboxylic acids is 4. The van der Waals surface area contributed by atoms with Crippen LogP contribution in [0, 0.1) is 5.82 Å². The number of para-hydroxylation sites is 1. The molecule has 0 aliphatic carbocycles. The van der Waals surface area contributed by atoms with Crippen molar-refractivity contribution in [2.24, 2.45) is 7.05 Å². The van der Waals surface area contributed by atoms with Crippen LogP contribution in [0.15, 0.2) is 65.8 Å². The first kappa shape index (κ1) is 38.3. The van der Waals surface area contributed by atoms with Gasteiger partial charge in [0.15, 0.2) is 17.4 Å². The maximum absolute atomic E-state index is 13.5. The van der Waals surface area contributed by atoms with Gasteiger partial charge in [-0.3, -0.25) is 33.6 Å². The van der Waals surface area contributed by atoms with Gasteiger partial charge >= 0.3 is 5.69 Å². The predicted molar refractivity (Wildman–Crippen MR) is 204 cm³/mol. The van der Waals surface area contributed by atoms with Gasteiger partial charge in [-0.1, -0.05) is 31.4 Å². The molecule has 16 heteroatoms. The monoisotopic (exact) mass is 751 g/mol. The van der Waals surface area contributed by atoms with Crippen molar-refractivity contribution in [3.63, 3.8) is 0 Å². The number of aromatic nitrogens is 5. The Balaban J connectivity index is 1.00. The fraction of sp³-hybridized carbons (Fsp3) is 0.333. The summed E-state index contributed by atoms with van der Waals surface area (Å²) >= 11 is 0. The van der Waals surface area contributed by atoms with Gasteiger partial charge in [0.25, 0.3) is 5.91 Å². The van der Waals surface area contributed by atoms with Crippen molar-refractivity contribution < 1.29 is 28.3 Å². The van der Waals surface area contributed by atoms with Crippen molar-refractivity contribution in [2.75, 3.05) is 24.8 Å². The molecule has 3 aromatic heterocycles. The molecular weight excluding hydrogens is 709 g/mol. The van der Waals surface area contributed by atoms with E-state index in [1.807, 2.05) is 18.2 Å². The molecule has 55 heavy (non-hydrogen) atoms. The summed E-state index contributed by atoms with van der Waals surface area (Å²) in [6.45, 7) is 0. The number of pyridine rings is 1. The zero-order valence-electron chi connectivity index (χ0n) is 30.8. The number of hydrogen-bond acceptors (Lipinski definition) is 10. The van der Waals surface area contributed by atoms with E-state index < -0.39 is 17.8 Å². The topological polar surface area (TPSA) is 191 Å². The number of halogens is 1. The fourth-order valence-electron chi connectivity index (χ4n) is 6.72. The van der Waals surface area contributed by atoms with Crippen molar-refractivity contribution in [1.82, 2.24) is 34.7 Å². The molecule has 2 aromatic carbocycles. The number of unbranched alkanes of at least 4 members (excludes halogenated alkanes) is 4. The van der Waals surface area contributed by atoms with E-state index in [0.29, 0.717) is 47.5 Å². The van der Waals surface area contributed by atoms with Crippen LogP contribution in [0.1, 0.15) is 73.3 Å². The van der Waals surface area contributed by atoms with Crippen molar-refractivity contribution in [1.29, 1.82) is 0 Å². The molecule has 0 spiro atoms. The molecule has 286 valence electrons. The van der Waals surface area contributed by atoms with E-state index in [9.17, 15) is 28.4 Å². The van der Waals surface area contributed by atoms with Gasteiger partial charge in [-0.2, -0.15) is 0 Å². The van der Waals surface area contributed by atoms with Crippen LogP contribution in [-0.2, 0) is 27.9 Å². The number of benzene rings is 2. The summed E-state index contributed by atoms with van der Waals surface area (Å²) in [6.07, 6.45) is 9.48. The van der Waals surface area contributed by atoms with Crippen LogP contribution in [0.2, 0.25) is 0 Å². The average molecular weight is 752 g/mol. The van der Waals surface area contributed by atoms with Crippen LogP contribution in [0.5, 0.6) is 5.75 Å². The molecule has 1 fully saturated rings. The number of methoxy groups -OCH3 is 1. The third kappa shape index (κ3) is 8.69. The second kappa shape index (κ2) is 17.1. The number of ether oxygens (including phenoxy) is 1. The number of aryl methyl sites for hydroxylation is 2. The van der Waals surface area contributed by atoms with Gasteiger partial charge in [-0.15, -0.1) is 0 Å². The highest BCUT2D eigenvalue weighted by Gasteiger charge is 2.31. The first-order valence-corrected chi connectivity index (χ1v) is 18.1. The lowest BCUT2D eigenvalue weighted by Crippen LogP contribution is -2.44. The zero-order chi connectivity index (χ0) is 39.1. The number of piperidine rings is 1. The second-order valence-corrected chi connectivity index (χ2v) is 13.2. The number of nitrogens with zero attached hydrogens (tertiary/aromatic N) is 5. The number of rotatable bonds is 15. The van der Waals surface area contributed by atoms with Crippen LogP contribution < -0.4 is 31.7 Å². The lowest BCUT2D eigenvalue weighted by molar-refractivity contribution is -0.135. The Morgan fingerprint density at radius 1 is 0.945 bits per heavy atom. The van der Waals surface area contributed by atoms with Crippen molar-refractivity contribution in [3.05, 3.63) is 88.5 Å². The third-order valence-corrected chi connectivity index (χ3v) is 9.54. The average Bonchev–Trinajstić information content (AvgIpc) is 3.42. The smallest absolute Gasteiger partial charge is 0.329 e. The van der Waals surface area contributed by atoms with E-state index in [1.54, 1.807) is 35.9 Å². The first-order valence-electron chi connectivity index (χ1n) is 18.1. The van der Waals surface area contributed by atoms with E-state index >= 15 is 0 Å². The molecule has 0 bridgehead atoms. The van der Waals surface area contributed by atoms with Crippen molar-refractivity contribution >= 4 is 51.9 Å². The first-order chi connectivity index (χ1) is 26.6. The quantitative estimate of drug-likeness (QED) is 0.0842. The Kier molecular flexibility index (Phi) is 11.9. The number of nitrogens with one attached hydrogen (secondary N) is 4. The van der Waals surface area contributed by atoms with Gasteiger partial charge in [-0.05, 0) is 55.5 Å². The van der Waals surface area contributed by atoms with Gasteiger partial charge in [0, 0.05) is 39.2 Å². The molecule has 1 unspecified atom stereocenters. The molecule has 1 atom stereocenters. The number of carbonyl (C=O) groups is 4. The number of imidazole rings is 1. The maximum Gasteiger partial charge on any atom is 0.329 e. The summed E-state index contributed by atoms with van der Waals surface area (Å²) in [7, 11) is 4.66. The third-order valence-electron chi connectivity index (χ3n) is 9.54. The van der Waals surface area contributed by atoms with Crippen LogP contribution in [0.3, 0.4) is 0 Å². The van der Waals surface area contributed by atoms with E-state index in [4.69, 9.17) is 4.74 Å². The van der Waals surface area contributed by atoms with Crippen molar-refractivity contribution in [2.45, 2.75) is 63.8 Å². The maximum atomic E-state index is 13.5. The largest absolute Gasteiger partial charge is 0.494 e. The van der Waals surface area contributed by atoms with Crippen LogP contribution >= 0.6 is 0 Å². The molecule has 4 amide bonds. The van der Waals surface area contributed by atoms with E-state index in [2.05, 4.69) is 36.2 Å². The van der Waals surface area contributed by atoms with Crippen molar-refractivity contribution in [3.8, 4) is 17.1 Å². The summed E-state index contributed by atoms with van der Waals surface area (Å²) in [6, 6.07) is 11.9. The summed E-state index contributed by atoms with van der Waals surface area (Å²) in [4.78, 5) is 75.1. The van der Waals surface area contributed by atoms with Gasteiger partial charge in [-0.25, -0.2) is 24.1 Å². The minimum Gasteiger partial charge on any atom is -0.494 e. The van der Waals surface area contributed by atoms with Crippen LogP contribution in [-0.4, -0.2) is 61.9 Å². The molecule has 15 nitrogen and oxygen atoms in total. The normalized spacial score (nSPS) is 14.1. The van der Waals surface area contributed by atoms with Crippen LogP contribution in [0.4, 0.5) is 21.6 Å². The minimum absolute atomic E-state index is 0.192. The SMILES string of the molecule is CNC(=O)c1cnc(NC(=O)CCCCCCCc2ccc3c(c2)n(C)c(=O)n3C2CCC(=O)NC2=O)cc1Nc1cccc(-c2ncc(F)cn2)c1OC. The Bertz CT molecular complexity index is 2300. The Labute approximate surface area is 315 Å². The predicted octanol–water partition coefficient (Wildman–Crippen LogP) is 4.94. The highest BCUT2D eigenvalue weighted by molar-refractivity contribution is 6.02. The standard InChI is InChI=1S/C39H42FN9O6/c1-41-37(52)26-22-42-32(19-28(26)45-27-12-9-11-25(35(27)55-3)36-43-20-24(40)21-44-36)46-33(50)13-8-6-4-5-7-10-23-14-15-29-31(18-23)48(2)39(54)49(29)30-16-17-34(51)47-38(30)53/h9,11-12,14-15,18-22,30H,4-8,10,13,16-17H2,1-3H3,(H,41,52)(H,47,51,53)(H2,42,45,46,50). The highest BCUT2D eigenvalue weighted by atomic mass is 19.1. The number of anilines is 3. The molecule has 6 rings (SSSR count). The molecule has 4 heterocycles. The molecule has 1 aliphatic heterocycles. The van der Waals surface area contributed by atoms with E-state index in [0.717, 1.165) is 55.6 Å². The number of hydrogen-bond donors (Lipinski definition) is 4. The summed E-state index contributed by atoms with van der Waals surface area (Å²) in [5.74, 6) is -1.06. The minimum atomic E-state index is -0.715. The zero-order valence-corrected chi connectivity index (χ0v) is 30.8. The molecular formula is C39H42FN9O6. The lowest BCUT2D eigenvalue weighted by atomic mass is 10.0. The van der Waals surface area contributed by atoms with Gasteiger partial charge < -0.3 is 20.7 Å². The summed E-state index contributed by atoms with van der Waals surface area (Å²) in [5.41, 5.74) is 3.79. The van der Waals surface area contributed by atoms with Gasteiger partial charge in [0.2, 0.25) is 17.7 Å². The van der Waals surface area contributed by atoms with E-state index in [-0.39, 0.29) is 47.0 Å². The Morgan fingerprint density at radius 2 is 1.71 bits per heavy atom. The molecule has 1 aliphatic rings. The van der Waals surface area contributed by atoms with E-state index in [1.165, 1.54) is 24.9 Å². The van der Waals surface area contributed by atoms with Gasteiger partial charge in [0.1, 0.15) is 11.9 Å².